The lowest BCUT2D eigenvalue weighted by atomic mass is 10.0. The maximum absolute atomic E-state index is 13.0. The lowest BCUT2D eigenvalue weighted by Crippen LogP contribution is -2.35. The van der Waals surface area contributed by atoms with E-state index in [2.05, 4.69) is 10.2 Å². The van der Waals surface area contributed by atoms with E-state index in [1.54, 1.807) is 18.2 Å². The van der Waals surface area contributed by atoms with Crippen LogP contribution in [0.5, 0.6) is 0 Å². The van der Waals surface area contributed by atoms with Crippen molar-refractivity contribution in [3.8, 4) is 0 Å². The summed E-state index contributed by atoms with van der Waals surface area (Å²) in [4.78, 5) is 28.4. The maximum atomic E-state index is 13.0. The molecule has 0 spiro atoms. The minimum atomic E-state index is -1.01. The molecule has 2 amide bonds. The standard InChI is InChI=1S/C23H25Cl2N3O3.C5H10/c24-18-7-4-8-19(25)21(18)22(29)28-13-16-11-27(12-17(16)14-28)10-9-20(26-23(30)31)15-5-2-1-3-6-15;1-2-4-5-3-1/h1-8,16-17,20,26H,9-14H2,(H,30,31);1-5H2/t16-,17?,20?;/m0./s1. The normalized spacial score (nSPS) is 22.0. The summed E-state index contributed by atoms with van der Waals surface area (Å²) in [5, 5.41) is 12.6. The fraction of sp³-hybridized carbons (Fsp3) is 0.500. The monoisotopic (exact) mass is 531 g/mol. The Morgan fingerprint density at radius 1 is 0.861 bits per heavy atom. The number of carbonyl (C=O) groups excluding carboxylic acids is 1. The highest BCUT2D eigenvalue weighted by Gasteiger charge is 2.42. The second-order valence-corrected chi connectivity index (χ2v) is 10.9. The molecule has 3 fully saturated rings. The molecule has 2 aromatic carbocycles. The summed E-state index contributed by atoms with van der Waals surface area (Å²) in [6.07, 6.45) is 7.19. The predicted octanol–water partition coefficient (Wildman–Crippen LogP) is 6.35. The Bertz CT molecular complexity index is 990. The minimum Gasteiger partial charge on any atom is -0.465 e. The van der Waals surface area contributed by atoms with Crippen molar-refractivity contribution in [3.63, 3.8) is 0 Å². The molecular weight excluding hydrogens is 497 g/mol. The number of carbonyl (C=O) groups is 2. The van der Waals surface area contributed by atoms with Gasteiger partial charge in [-0.05, 0) is 36.0 Å². The topological polar surface area (TPSA) is 72.9 Å². The first-order valence-electron chi connectivity index (χ1n) is 12.9. The first-order valence-corrected chi connectivity index (χ1v) is 13.7. The van der Waals surface area contributed by atoms with Crippen LogP contribution in [-0.4, -0.2) is 59.6 Å². The number of hydrogen-bond acceptors (Lipinski definition) is 3. The zero-order chi connectivity index (χ0) is 25.5. The Labute approximate surface area is 223 Å². The van der Waals surface area contributed by atoms with Gasteiger partial charge in [0.05, 0.1) is 21.7 Å². The average Bonchev–Trinajstić information content (AvgIpc) is 3.61. The van der Waals surface area contributed by atoms with Gasteiger partial charge in [-0.3, -0.25) is 4.79 Å². The van der Waals surface area contributed by atoms with Gasteiger partial charge >= 0.3 is 6.09 Å². The quantitative estimate of drug-likeness (QED) is 0.455. The number of amides is 2. The molecule has 2 unspecified atom stereocenters. The van der Waals surface area contributed by atoms with Gasteiger partial charge in [0.1, 0.15) is 0 Å². The summed E-state index contributed by atoms with van der Waals surface area (Å²) in [6, 6.07) is 14.5. The van der Waals surface area contributed by atoms with Crippen LogP contribution in [0.15, 0.2) is 48.5 Å². The van der Waals surface area contributed by atoms with Crippen molar-refractivity contribution in [2.75, 3.05) is 32.7 Å². The lowest BCUT2D eigenvalue weighted by Gasteiger charge is -2.24. The zero-order valence-corrected chi connectivity index (χ0v) is 22.1. The second-order valence-electron chi connectivity index (χ2n) is 10.1. The third-order valence-corrected chi connectivity index (χ3v) is 8.14. The Kier molecular flexibility index (Phi) is 9.52. The van der Waals surface area contributed by atoms with Gasteiger partial charge in [-0.15, -0.1) is 0 Å². The number of benzene rings is 2. The summed E-state index contributed by atoms with van der Waals surface area (Å²) in [5.41, 5.74) is 1.35. The molecule has 3 aliphatic rings. The van der Waals surface area contributed by atoms with Crippen LogP contribution in [0.2, 0.25) is 10.0 Å². The van der Waals surface area contributed by atoms with Crippen molar-refractivity contribution < 1.29 is 14.7 Å². The molecule has 0 aromatic heterocycles. The first-order chi connectivity index (χ1) is 17.4. The van der Waals surface area contributed by atoms with Gasteiger partial charge in [0.25, 0.3) is 5.91 Å². The van der Waals surface area contributed by atoms with E-state index in [4.69, 9.17) is 23.2 Å². The Morgan fingerprint density at radius 2 is 1.42 bits per heavy atom. The van der Waals surface area contributed by atoms with Crippen LogP contribution in [0.25, 0.3) is 0 Å². The molecule has 6 nitrogen and oxygen atoms in total. The molecule has 5 rings (SSSR count). The van der Waals surface area contributed by atoms with Gasteiger partial charge < -0.3 is 20.2 Å². The Balaban J connectivity index is 0.000000543. The largest absolute Gasteiger partial charge is 0.465 e. The number of carboxylic acid groups (broad SMARTS) is 1. The van der Waals surface area contributed by atoms with E-state index in [9.17, 15) is 14.7 Å². The van der Waals surface area contributed by atoms with Crippen molar-refractivity contribution in [2.45, 2.75) is 44.6 Å². The average molecular weight is 533 g/mol. The summed E-state index contributed by atoms with van der Waals surface area (Å²) in [6.45, 7) is 3.99. The molecule has 2 heterocycles. The van der Waals surface area contributed by atoms with Crippen LogP contribution >= 0.6 is 23.2 Å². The SMILES string of the molecule is C1CCCC1.O=C(O)NC(CCN1CC2CN(C(=O)c3c(Cl)cccc3Cl)C[C@@H]2C1)c1ccccc1. The van der Waals surface area contributed by atoms with Crippen LogP contribution in [0, 0.1) is 11.8 Å². The molecule has 2 N–H and O–H groups in total. The molecular formula is C28H35Cl2N3O3. The fourth-order valence-electron chi connectivity index (χ4n) is 5.65. The van der Waals surface area contributed by atoms with E-state index in [0.717, 1.165) is 25.2 Å². The van der Waals surface area contributed by atoms with Crippen molar-refractivity contribution in [1.29, 1.82) is 0 Å². The molecule has 1 aliphatic carbocycles. The summed E-state index contributed by atoms with van der Waals surface area (Å²) in [5.74, 6) is 0.715. The number of likely N-dealkylation sites (tertiary alicyclic amines) is 2. The lowest BCUT2D eigenvalue weighted by molar-refractivity contribution is 0.0774. The summed E-state index contributed by atoms with van der Waals surface area (Å²) >= 11 is 12.4. The van der Waals surface area contributed by atoms with Gasteiger partial charge in [-0.25, -0.2) is 4.79 Å². The highest BCUT2D eigenvalue weighted by atomic mass is 35.5. The molecule has 1 saturated carbocycles. The number of hydrogen-bond donors (Lipinski definition) is 2. The van der Waals surface area contributed by atoms with Crippen molar-refractivity contribution >= 4 is 35.2 Å². The highest BCUT2D eigenvalue weighted by Crippen LogP contribution is 2.34. The smallest absolute Gasteiger partial charge is 0.405 e. The Hall–Kier alpha value is -2.28. The molecule has 36 heavy (non-hydrogen) atoms. The first kappa shape index (κ1) is 26.8. The number of fused-ring (bicyclic) bond motifs is 1. The van der Waals surface area contributed by atoms with Crippen molar-refractivity contribution in [2.24, 2.45) is 11.8 Å². The number of halogens is 2. The van der Waals surface area contributed by atoms with Gasteiger partial charge in [0, 0.05) is 32.7 Å². The highest BCUT2D eigenvalue weighted by molar-refractivity contribution is 6.39. The maximum Gasteiger partial charge on any atom is 0.405 e. The number of nitrogens with one attached hydrogen (secondary N) is 1. The summed E-state index contributed by atoms with van der Waals surface area (Å²) < 4.78 is 0. The molecule has 2 aromatic rings. The number of rotatable bonds is 6. The summed E-state index contributed by atoms with van der Waals surface area (Å²) in [7, 11) is 0. The Morgan fingerprint density at radius 3 is 1.94 bits per heavy atom. The fourth-order valence-corrected chi connectivity index (χ4v) is 6.21. The molecule has 8 heteroatoms. The molecule has 3 atom stereocenters. The van der Waals surface area contributed by atoms with Crippen LogP contribution in [0.4, 0.5) is 4.79 Å². The predicted molar refractivity (Wildman–Crippen MR) is 144 cm³/mol. The van der Waals surface area contributed by atoms with Gasteiger partial charge in [0.2, 0.25) is 0 Å². The third-order valence-electron chi connectivity index (χ3n) is 7.51. The number of nitrogens with zero attached hydrogens (tertiary/aromatic N) is 2. The van der Waals surface area contributed by atoms with Gasteiger partial charge in [0.15, 0.2) is 0 Å². The van der Waals surface area contributed by atoms with Crippen LogP contribution < -0.4 is 5.32 Å². The molecule has 2 aliphatic heterocycles. The van der Waals surface area contributed by atoms with E-state index in [-0.39, 0.29) is 11.9 Å². The van der Waals surface area contributed by atoms with Gasteiger partial charge in [-0.2, -0.15) is 0 Å². The van der Waals surface area contributed by atoms with Crippen LogP contribution in [0.3, 0.4) is 0 Å². The minimum absolute atomic E-state index is 0.105. The van der Waals surface area contributed by atoms with E-state index in [0.29, 0.717) is 47.0 Å². The van der Waals surface area contributed by atoms with Crippen molar-refractivity contribution in [1.82, 2.24) is 15.1 Å². The van der Waals surface area contributed by atoms with E-state index >= 15 is 0 Å². The van der Waals surface area contributed by atoms with E-state index < -0.39 is 6.09 Å². The second kappa shape index (κ2) is 12.8. The molecule has 2 saturated heterocycles. The molecule has 0 bridgehead atoms. The van der Waals surface area contributed by atoms with Crippen LogP contribution in [-0.2, 0) is 0 Å². The zero-order valence-electron chi connectivity index (χ0n) is 20.5. The molecule has 194 valence electrons. The third kappa shape index (κ3) is 6.93. The van der Waals surface area contributed by atoms with E-state index in [1.807, 2.05) is 35.2 Å². The van der Waals surface area contributed by atoms with Crippen molar-refractivity contribution in [3.05, 3.63) is 69.7 Å². The van der Waals surface area contributed by atoms with Gasteiger partial charge in [-0.1, -0.05) is 91.7 Å². The van der Waals surface area contributed by atoms with E-state index in [1.165, 1.54) is 32.1 Å². The van der Waals surface area contributed by atoms with Crippen LogP contribution in [0.1, 0.15) is 60.5 Å². The molecule has 0 radical (unpaired) electrons.